The fourth-order valence-electron chi connectivity index (χ4n) is 5.14. The number of nitrogens with zero attached hydrogens (tertiary/aromatic N) is 1. The van der Waals surface area contributed by atoms with E-state index in [1.54, 1.807) is 0 Å². The molecule has 0 spiro atoms. The Morgan fingerprint density at radius 2 is 2.11 bits per heavy atom. The number of H-pyrrole nitrogens is 1. The zero-order valence-electron chi connectivity index (χ0n) is 15.8. The third kappa shape index (κ3) is 2.83. The average molecular weight is 370 g/mol. The van der Waals surface area contributed by atoms with E-state index in [4.69, 9.17) is 4.74 Å². The van der Waals surface area contributed by atoms with Crippen LogP contribution in [0.25, 0.3) is 10.9 Å². The summed E-state index contributed by atoms with van der Waals surface area (Å²) in [6.45, 7) is 2.05. The van der Waals surface area contributed by atoms with Crippen molar-refractivity contribution in [2.45, 2.75) is 44.7 Å². The first-order chi connectivity index (χ1) is 13.1. The normalized spacial score (nSPS) is 27.4. The standard InChI is InChI=1S/C21H26N2O4/c1-3-14-12(9-19(26)27-2)8-18(25)23-13(11-24)10-16-15-6-4-5-7-17(15)22-20(16)21(14)23/h4-7,12-14,21-22,24H,3,8-11H2,1-2H3/t12-,13+,14+,21-/m1/s1. The van der Waals surface area contributed by atoms with Crippen LogP contribution in [0.15, 0.2) is 24.3 Å². The van der Waals surface area contributed by atoms with Crippen LogP contribution < -0.4 is 0 Å². The molecule has 1 fully saturated rings. The summed E-state index contributed by atoms with van der Waals surface area (Å²) in [6.07, 6.45) is 2.08. The molecule has 0 bridgehead atoms. The Kier molecular flexibility index (Phi) is 4.68. The van der Waals surface area contributed by atoms with E-state index in [0.29, 0.717) is 12.8 Å². The van der Waals surface area contributed by atoms with Gasteiger partial charge in [0, 0.05) is 29.4 Å². The third-order valence-corrected chi connectivity index (χ3v) is 6.35. The third-order valence-electron chi connectivity index (χ3n) is 6.35. The molecule has 0 saturated carbocycles. The van der Waals surface area contributed by atoms with Crippen molar-refractivity contribution < 1.29 is 19.4 Å². The summed E-state index contributed by atoms with van der Waals surface area (Å²) in [5, 5.41) is 11.2. The number of aliphatic hydroxyl groups is 1. The molecule has 0 radical (unpaired) electrons. The number of ether oxygens (including phenoxy) is 1. The first kappa shape index (κ1) is 18.0. The fraction of sp³-hybridized carbons (Fsp3) is 0.524. The second-order valence-corrected chi connectivity index (χ2v) is 7.67. The van der Waals surface area contributed by atoms with Crippen molar-refractivity contribution in [2.24, 2.45) is 11.8 Å². The van der Waals surface area contributed by atoms with E-state index >= 15 is 0 Å². The van der Waals surface area contributed by atoms with Crippen molar-refractivity contribution in [3.63, 3.8) is 0 Å². The van der Waals surface area contributed by atoms with E-state index in [1.165, 1.54) is 12.7 Å². The van der Waals surface area contributed by atoms with Gasteiger partial charge < -0.3 is 19.7 Å². The number of aromatic amines is 1. The lowest BCUT2D eigenvalue weighted by Gasteiger charge is -2.50. The number of carbonyl (C=O) groups is 2. The number of hydrogen-bond donors (Lipinski definition) is 2. The maximum Gasteiger partial charge on any atom is 0.305 e. The molecule has 0 aliphatic carbocycles. The number of esters is 1. The molecule has 2 aliphatic heterocycles. The van der Waals surface area contributed by atoms with Gasteiger partial charge in [0.05, 0.1) is 25.8 Å². The number of carbonyl (C=O) groups excluding carboxylic acids is 2. The molecule has 27 heavy (non-hydrogen) atoms. The predicted octanol–water partition coefficient (Wildman–Crippen LogP) is 2.56. The Bertz CT molecular complexity index is 874. The Morgan fingerprint density at radius 1 is 1.33 bits per heavy atom. The Hall–Kier alpha value is -2.34. The van der Waals surface area contributed by atoms with Crippen molar-refractivity contribution in [1.82, 2.24) is 9.88 Å². The van der Waals surface area contributed by atoms with Gasteiger partial charge in [0.1, 0.15) is 0 Å². The highest BCUT2D eigenvalue weighted by molar-refractivity contribution is 5.87. The van der Waals surface area contributed by atoms with Crippen molar-refractivity contribution in [3.8, 4) is 0 Å². The average Bonchev–Trinajstić information content (AvgIpc) is 3.06. The number of nitrogens with one attached hydrogen (secondary N) is 1. The van der Waals surface area contributed by atoms with Crippen molar-refractivity contribution >= 4 is 22.8 Å². The summed E-state index contributed by atoms with van der Waals surface area (Å²) in [4.78, 5) is 30.3. The second-order valence-electron chi connectivity index (χ2n) is 7.67. The number of methoxy groups -OCH3 is 1. The minimum absolute atomic E-state index is 0.0157. The van der Waals surface area contributed by atoms with Crippen LogP contribution in [0.5, 0.6) is 0 Å². The molecule has 2 aliphatic rings. The highest BCUT2D eigenvalue weighted by atomic mass is 16.5. The summed E-state index contributed by atoms with van der Waals surface area (Å²) in [6, 6.07) is 7.78. The molecule has 2 aromatic rings. The van der Waals surface area contributed by atoms with Gasteiger partial charge in [-0.25, -0.2) is 0 Å². The molecular weight excluding hydrogens is 344 g/mol. The van der Waals surface area contributed by atoms with E-state index in [-0.39, 0.29) is 48.8 Å². The van der Waals surface area contributed by atoms with Gasteiger partial charge in [-0.3, -0.25) is 9.59 Å². The van der Waals surface area contributed by atoms with Crippen molar-refractivity contribution in [3.05, 3.63) is 35.5 Å². The van der Waals surface area contributed by atoms with Gasteiger partial charge in [-0.2, -0.15) is 0 Å². The summed E-state index contributed by atoms with van der Waals surface area (Å²) in [5.41, 5.74) is 3.31. The van der Waals surface area contributed by atoms with Crippen LogP contribution in [0, 0.1) is 11.8 Å². The number of piperidine rings is 1. The first-order valence-corrected chi connectivity index (χ1v) is 9.67. The van der Waals surface area contributed by atoms with Gasteiger partial charge >= 0.3 is 5.97 Å². The number of rotatable bonds is 4. The lowest BCUT2D eigenvalue weighted by Crippen LogP contribution is -2.56. The van der Waals surface area contributed by atoms with Gasteiger partial charge in [-0.05, 0) is 29.9 Å². The van der Waals surface area contributed by atoms with Gasteiger partial charge in [-0.1, -0.05) is 31.5 Å². The van der Waals surface area contributed by atoms with Crippen LogP contribution >= 0.6 is 0 Å². The largest absolute Gasteiger partial charge is 0.469 e. The quantitative estimate of drug-likeness (QED) is 0.811. The lowest BCUT2D eigenvalue weighted by atomic mass is 9.71. The summed E-state index contributed by atoms with van der Waals surface area (Å²) in [7, 11) is 1.39. The number of hydrogen-bond acceptors (Lipinski definition) is 4. The molecule has 6 heteroatoms. The molecule has 4 atom stereocenters. The maximum atomic E-state index is 13.0. The topological polar surface area (TPSA) is 82.6 Å². The molecule has 1 saturated heterocycles. The van der Waals surface area contributed by atoms with Crippen LogP contribution in [0.4, 0.5) is 0 Å². The fourth-order valence-corrected chi connectivity index (χ4v) is 5.14. The molecule has 2 N–H and O–H groups in total. The zero-order chi connectivity index (χ0) is 19.1. The van der Waals surface area contributed by atoms with Gasteiger partial charge in [0.25, 0.3) is 0 Å². The van der Waals surface area contributed by atoms with E-state index in [0.717, 1.165) is 23.0 Å². The summed E-state index contributed by atoms with van der Waals surface area (Å²) >= 11 is 0. The van der Waals surface area contributed by atoms with Crippen LogP contribution in [0.1, 0.15) is 43.5 Å². The number of fused-ring (bicyclic) bond motifs is 5. The van der Waals surface area contributed by atoms with Crippen molar-refractivity contribution in [1.29, 1.82) is 0 Å². The van der Waals surface area contributed by atoms with Crippen molar-refractivity contribution in [2.75, 3.05) is 13.7 Å². The van der Waals surface area contributed by atoms with Crippen LogP contribution in [0.3, 0.4) is 0 Å². The van der Waals surface area contributed by atoms with Gasteiger partial charge in [0.2, 0.25) is 5.91 Å². The van der Waals surface area contributed by atoms with Crippen LogP contribution in [0.2, 0.25) is 0 Å². The van der Waals surface area contributed by atoms with E-state index in [1.807, 2.05) is 23.1 Å². The monoisotopic (exact) mass is 370 g/mol. The lowest BCUT2D eigenvalue weighted by molar-refractivity contribution is -0.152. The number of para-hydroxylation sites is 1. The van der Waals surface area contributed by atoms with E-state index in [2.05, 4.69) is 18.0 Å². The smallest absolute Gasteiger partial charge is 0.305 e. The molecule has 144 valence electrons. The molecule has 0 unspecified atom stereocenters. The molecule has 1 aromatic carbocycles. The molecule has 6 nitrogen and oxygen atoms in total. The predicted molar refractivity (Wildman–Crippen MR) is 101 cm³/mol. The molecule has 4 rings (SSSR count). The Balaban J connectivity index is 1.83. The summed E-state index contributed by atoms with van der Waals surface area (Å²) in [5.74, 6) is -0.163. The number of amides is 1. The van der Waals surface area contributed by atoms with Gasteiger partial charge in [-0.15, -0.1) is 0 Å². The van der Waals surface area contributed by atoms with E-state index in [9.17, 15) is 14.7 Å². The highest BCUT2D eigenvalue weighted by Gasteiger charge is 2.49. The minimum atomic E-state index is -0.272. The second kappa shape index (κ2) is 7.00. The summed E-state index contributed by atoms with van der Waals surface area (Å²) < 4.78 is 4.87. The zero-order valence-corrected chi connectivity index (χ0v) is 15.8. The van der Waals surface area contributed by atoms with Crippen LogP contribution in [-0.2, 0) is 20.7 Å². The minimum Gasteiger partial charge on any atom is -0.469 e. The SMILES string of the molecule is CC[C@H]1[C@@H](CC(=O)OC)CC(=O)N2[C@H](CO)Cc3c([nH]c4ccccc34)[C@@H]12. The Morgan fingerprint density at radius 3 is 2.81 bits per heavy atom. The van der Waals surface area contributed by atoms with Crippen LogP contribution in [-0.4, -0.2) is 46.6 Å². The highest BCUT2D eigenvalue weighted by Crippen LogP contribution is 2.49. The maximum absolute atomic E-state index is 13.0. The van der Waals surface area contributed by atoms with Gasteiger partial charge in [0.15, 0.2) is 0 Å². The molecule has 1 aromatic heterocycles. The Labute approximate surface area is 158 Å². The number of benzene rings is 1. The molecule has 1 amide bonds. The number of aliphatic hydroxyl groups excluding tert-OH is 1. The molecular formula is C21H26N2O4. The number of aromatic nitrogens is 1. The molecule has 3 heterocycles. The van der Waals surface area contributed by atoms with E-state index < -0.39 is 0 Å². The first-order valence-electron chi connectivity index (χ1n) is 9.67.